The van der Waals surface area contributed by atoms with Crippen LogP contribution in [0.15, 0.2) is 0 Å². The molecule has 0 radical (unpaired) electrons. The van der Waals surface area contributed by atoms with E-state index < -0.39 is 23.8 Å². The Hall–Kier alpha value is -1.30. The van der Waals surface area contributed by atoms with Crippen molar-refractivity contribution >= 4 is 12.1 Å². The maximum Gasteiger partial charge on any atom is 0.407 e. The van der Waals surface area contributed by atoms with Gasteiger partial charge in [0.05, 0.1) is 18.8 Å². The predicted octanol–water partition coefficient (Wildman–Crippen LogP) is 2.63. The van der Waals surface area contributed by atoms with Gasteiger partial charge in [0.2, 0.25) is 0 Å². The zero-order valence-corrected chi connectivity index (χ0v) is 14.6. The van der Waals surface area contributed by atoms with E-state index in [4.69, 9.17) is 9.47 Å². The summed E-state index contributed by atoms with van der Waals surface area (Å²) in [6.45, 7) is 11.4. The van der Waals surface area contributed by atoms with Crippen molar-refractivity contribution in [2.45, 2.75) is 78.6 Å². The van der Waals surface area contributed by atoms with E-state index in [9.17, 15) is 14.7 Å². The number of hydrogen-bond donors (Lipinski definition) is 2. The molecule has 0 saturated heterocycles. The smallest absolute Gasteiger partial charge is 0.407 e. The monoisotopic (exact) mass is 317 g/mol. The second-order valence-electron chi connectivity index (χ2n) is 6.79. The average Bonchev–Trinajstić information content (AvgIpc) is 2.32. The first-order valence-corrected chi connectivity index (χ1v) is 7.88. The number of ether oxygens (including phenoxy) is 2. The Morgan fingerprint density at radius 3 is 2.27 bits per heavy atom. The molecule has 0 fully saturated rings. The van der Waals surface area contributed by atoms with Crippen LogP contribution in [0.3, 0.4) is 0 Å². The predicted molar refractivity (Wildman–Crippen MR) is 84.5 cm³/mol. The van der Waals surface area contributed by atoms with Crippen LogP contribution in [0.5, 0.6) is 0 Å². The van der Waals surface area contributed by atoms with Crippen LogP contribution in [0.2, 0.25) is 0 Å². The highest BCUT2D eigenvalue weighted by Gasteiger charge is 2.25. The van der Waals surface area contributed by atoms with E-state index in [-0.39, 0.29) is 24.7 Å². The van der Waals surface area contributed by atoms with Gasteiger partial charge in [0.25, 0.3) is 0 Å². The first-order chi connectivity index (χ1) is 10.0. The molecule has 6 heteroatoms. The molecule has 0 aliphatic heterocycles. The fourth-order valence-corrected chi connectivity index (χ4v) is 1.98. The maximum absolute atomic E-state index is 11.9. The Labute approximate surface area is 133 Å². The molecule has 0 spiro atoms. The third kappa shape index (κ3) is 10.4. The number of alkyl carbamates (subject to hydrolysis) is 1. The Kier molecular flexibility index (Phi) is 9.09. The van der Waals surface area contributed by atoms with Crippen LogP contribution in [0.1, 0.15) is 60.8 Å². The second-order valence-corrected chi connectivity index (χ2v) is 6.79. The summed E-state index contributed by atoms with van der Waals surface area (Å²) in [5, 5.41) is 12.9. The molecule has 0 aliphatic carbocycles. The Bertz CT molecular complexity index is 349. The maximum atomic E-state index is 11.9. The number of carbonyl (C=O) groups excluding carboxylic acids is 2. The van der Waals surface area contributed by atoms with Crippen molar-refractivity contribution in [3.63, 3.8) is 0 Å². The van der Waals surface area contributed by atoms with Gasteiger partial charge < -0.3 is 19.9 Å². The molecule has 0 saturated carbocycles. The van der Waals surface area contributed by atoms with Crippen molar-refractivity contribution in [3.8, 4) is 0 Å². The van der Waals surface area contributed by atoms with Gasteiger partial charge in [-0.3, -0.25) is 4.79 Å². The molecule has 2 N–H and O–H groups in total. The van der Waals surface area contributed by atoms with Crippen LogP contribution < -0.4 is 5.32 Å². The molecule has 0 heterocycles. The van der Waals surface area contributed by atoms with Gasteiger partial charge in [0.1, 0.15) is 5.60 Å². The lowest BCUT2D eigenvalue weighted by molar-refractivity contribution is -0.143. The van der Waals surface area contributed by atoms with E-state index in [0.29, 0.717) is 13.0 Å². The molecule has 0 unspecified atom stereocenters. The molecule has 6 nitrogen and oxygen atoms in total. The third-order valence-corrected chi connectivity index (χ3v) is 2.84. The summed E-state index contributed by atoms with van der Waals surface area (Å²) in [5.74, 6) is -0.0562. The van der Waals surface area contributed by atoms with Gasteiger partial charge >= 0.3 is 12.1 Å². The van der Waals surface area contributed by atoms with Crippen LogP contribution in [-0.2, 0) is 14.3 Å². The minimum atomic E-state index is -0.820. The topological polar surface area (TPSA) is 84.9 Å². The zero-order chi connectivity index (χ0) is 17.3. The fourth-order valence-electron chi connectivity index (χ4n) is 1.98. The SMILES string of the molecule is CCOC(=O)CC[C@H](O)[C@H](CC(C)C)NC(=O)OC(C)(C)C. The molecule has 0 rings (SSSR count). The van der Waals surface area contributed by atoms with E-state index in [1.165, 1.54) is 0 Å². The van der Waals surface area contributed by atoms with Gasteiger partial charge in [-0.05, 0) is 46.5 Å². The van der Waals surface area contributed by atoms with Crippen LogP contribution >= 0.6 is 0 Å². The van der Waals surface area contributed by atoms with Gasteiger partial charge in [-0.1, -0.05) is 13.8 Å². The number of hydrogen-bond acceptors (Lipinski definition) is 5. The molecule has 1 amide bonds. The first kappa shape index (κ1) is 20.7. The number of esters is 1. The molecule has 0 aromatic rings. The lowest BCUT2D eigenvalue weighted by Crippen LogP contribution is -2.46. The molecule has 22 heavy (non-hydrogen) atoms. The van der Waals surface area contributed by atoms with E-state index in [2.05, 4.69) is 5.32 Å². The van der Waals surface area contributed by atoms with Crippen molar-refractivity contribution in [2.75, 3.05) is 6.61 Å². The number of aliphatic hydroxyl groups is 1. The Morgan fingerprint density at radius 1 is 1.23 bits per heavy atom. The van der Waals surface area contributed by atoms with Crippen molar-refractivity contribution in [1.82, 2.24) is 5.32 Å². The van der Waals surface area contributed by atoms with Crippen molar-refractivity contribution in [2.24, 2.45) is 5.92 Å². The quantitative estimate of drug-likeness (QED) is 0.672. The number of carbonyl (C=O) groups is 2. The minimum absolute atomic E-state index is 0.125. The van der Waals surface area contributed by atoms with Crippen molar-refractivity contribution < 1.29 is 24.2 Å². The molecule has 0 bridgehead atoms. The molecule has 0 aromatic heterocycles. The summed E-state index contributed by atoms with van der Waals surface area (Å²) in [5.41, 5.74) is -0.595. The summed E-state index contributed by atoms with van der Waals surface area (Å²) in [6.07, 6.45) is -0.415. The number of nitrogens with one attached hydrogen (secondary N) is 1. The van der Waals surface area contributed by atoms with Crippen molar-refractivity contribution in [3.05, 3.63) is 0 Å². The lowest BCUT2D eigenvalue weighted by Gasteiger charge is -2.27. The van der Waals surface area contributed by atoms with Gasteiger partial charge in [-0.2, -0.15) is 0 Å². The normalized spacial score (nSPS) is 14.4. The van der Waals surface area contributed by atoms with Crippen LogP contribution in [0, 0.1) is 5.92 Å². The summed E-state index contributed by atoms with van der Waals surface area (Å²) in [7, 11) is 0. The lowest BCUT2D eigenvalue weighted by atomic mass is 9.96. The van der Waals surface area contributed by atoms with Crippen LogP contribution in [0.25, 0.3) is 0 Å². The molecular weight excluding hydrogens is 286 g/mol. The van der Waals surface area contributed by atoms with Gasteiger partial charge in [0.15, 0.2) is 0 Å². The minimum Gasteiger partial charge on any atom is -0.466 e. The fraction of sp³-hybridized carbons (Fsp3) is 0.875. The molecular formula is C16H31NO5. The average molecular weight is 317 g/mol. The molecule has 2 atom stereocenters. The first-order valence-electron chi connectivity index (χ1n) is 7.88. The number of aliphatic hydroxyl groups excluding tert-OH is 1. The van der Waals surface area contributed by atoms with Gasteiger partial charge in [0, 0.05) is 6.42 Å². The Balaban J connectivity index is 4.55. The summed E-state index contributed by atoms with van der Waals surface area (Å²) < 4.78 is 10.0. The second kappa shape index (κ2) is 9.66. The van der Waals surface area contributed by atoms with E-state index in [0.717, 1.165) is 0 Å². The largest absolute Gasteiger partial charge is 0.466 e. The van der Waals surface area contributed by atoms with E-state index >= 15 is 0 Å². The highest BCUT2D eigenvalue weighted by atomic mass is 16.6. The zero-order valence-electron chi connectivity index (χ0n) is 14.6. The van der Waals surface area contributed by atoms with E-state index in [1.54, 1.807) is 27.7 Å². The summed E-state index contributed by atoms with van der Waals surface area (Å²) >= 11 is 0. The molecule has 0 aromatic carbocycles. The Morgan fingerprint density at radius 2 is 1.82 bits per heavy atom. The van der Waals surface area contributed by atoms with Gasteiger partial charge in [-0.15, -0.1) is 0 Å². The molecule has 0 aliphatic rings. The highest BCUT2D eigenvalue weighted by Crippen LogP contribution is 2.14. The van der Waals surface area contributed by atoms with Crippen LogP contribution in [-0.4, -0.2) is 41.5 Å². The summed E-state index contributed by atoms with van der Waals surface area (Å²) in [4.78, 5) is 23.2. The van der Waals surface area contributed by atoms with Crippen molar-refractivity contribution in [1.29, 1.82) is 0 Å². The highest BCUT2D eigenvalue weighted by molar-refractivity contribution is 5.69. The van der Waals surface area contributed by atoms with Gasteiger partial charge in [-0.25, -0.2) is 4.79 Å². The molecule has 130 valence electrons. The number of rotatable bonds is 8. The standard InChI is InChI=1S/C16H31NO5/c1-7-21-14(19)9-8-13(18)12(10-11(2)3)17-15(20)22-16(4,5)6/h11-13,18H,7-10H2,1-6H3,(H,17,20)/t12-,13-/m0/s1. The third-order valence-electron chi connectivity index (χ3n) is 2.84. The van der Waals surface area contributed by atoms with Crippen LogP contribution in [0.4, 0.5) is 4.79 Å². The van der Waals surface area contributed by atoms with E-state index in [1.807, 2.05) is 13.8 Å². The summed E-state index contributed by atoms with van der Waals surface area (Å²) in [6, 6.07) is -0.454. The number of amides is 1.